The van der Waals surface area contributed by atoms with Crippen LogP contribution in [0.3, 0.4) is 0 Å². The predicted molar refractivity (Wildman–Crippen MR) is 138 cm³/mol. The van der Waals surface area contributed by atoms with Crippen LogP contribution in [-0.2, 0) is 26.2 Å². The van der Waals surface area contributed by atoms with E-state index in [-0.39, 0.29) is 23.2 Å². The van der Waals surface area contributed by atoms with E-state index in [2.05, 4.69) is 5.32 Å². The number of para-hydroxylation sites is 1. The fraction of sp³-hybridized carbons (Fsp3) is 0.391. The minimum atomic E-state index is -3.88. The lowest BCUT2D eigenvalue weighted by molar-refractivity contribution is -0.140. The van der Waals surface area contributed by atoms with Crippen LogP contribution in [0.2, 0.25) is 15.1 Å². The highest BCUT2D eigenvalue weighted by atomic mass is 35.5. The van der Waals surface area contributed by atoms with E-state index in [1.165, 1.54) is 17.0 Å². The van der Waals surface area contributed by atoms with E-state index in [0.29, 0.717) is 28.6 Å². The van der Waals surface area contributed by atoms with Crippen LogP contribution in [0.25, 0.3) is 0 Å². The van der Waals surface area contributed by atoms with E-state index >= 15 is 0 Å². The predicted octanol–water partition coefficient (Wildman–Crippen LogP) is 4.75. The summed E-state index contributed by atoms with van der Waals surface area (Å²) < 4.78 is 26.1. The van der Waals surface area contributed by atoms with Crippen molar-refractivity contribution in [2.24, 2.45) is 0 Å². The summed E-state index contributed by atoms with van der Waals surface area (Å²) in [5.74, 6) is -0.940. The van der Waals surface area contributed by atoms with Crippen LogP contribution in [-0.4, -0.2) is 50.5 Å². The molecule has 0 radical (unpaired) electrons. The summed E-state index contributed by atoms with van der Waals surface area (Å²) in [5.41, 5.74) is 0.629. The van der Waals surface area contributed by atoms with Crippen LogP contribution in [0, 0.1) is 0 Å². The van der Waals surface area contributed by atoms with Gasteiger partial charge in [-0.25, -0.2) is 8.42 Å². The molecule has 2 aromatic rings. The maximum absolute atomic E-state index is 13.6. The Morgan fingerprint density at radius 2 is 1.56 bits per heavy atom. The fourth-order valence-corrected chi connectivity index (χ4v) is 5.05. The monoisotopic (exact) mass is 547 g/mol. The summed E-state index contributed by atoms with van der Waals surface area (Å²) >= 11 is 18.9. The number of amides is 2. The Kier molecular flexibility index (Phi) is 10.5. The average Bonchev–Trinajstić information content (AvgIpc) is 2.77. The largest absolute Gasteiger partial charge is 0.354 e. The summed E-state index contributed by atoms with van der Waals surface area (Å²) in [7, 11) is -3.88. The zero-order valence-electron chi connectivity index (χ0n) is 19.2. The lowest BCUT2D eigenvalue weighted by atomic mass is 10.1. The van der Waals surface area contributed by atoms with Crippen molar-refractivity contribution < 1.29 is 18.0 Å². The fourth-order valence-electron chi connectivity index (χ4n) is 3.39. The van der Waals surface area contributed by atoms with Gasteiger partial charge in [0.05, 0.1) is 17.0 Å². The Bertz CT molecular complexity index is 1110. The number of anilines is 1. The third-order valence-corrected chi connectivity index (χ3v) is 7.28. The molecule has 2 aromatic carbocycles. The Labute approximate surface area is 216 Å². The maximum Gasteiger partial charge on any atom is 0.244 e. The average molecular weight is 549 g/mol. The van der Waals surface area contributed by atoms with Crippen LogP contribution in [0.15, 0.2) is 42.5 Å². The first-order chi connectivity index (χ1) is 16.0. The molecule has 0 bridgehead atoms. The molecular weight excluding hydrogens is 521 g/mol. The number of halogens is 3. The van der Waals surface area contributed by atoms with Gasteiger partial charge in [-0.3, -0.25) is 13.9 Å². The first kappa shape index (κ1) is 28.2. The molecule has 2 rings (SSSR count). The molecule has 7 nitrogen and oxygen atoms in total. The van der Waals surface area contributed by atoms with Gasteiger partial charge in [-0.2, -0.15) is 0 Å². The molecular formula is C23H28Cl3N3O4S. The number of benzene rings is 2. The second-order valence-electron chi connectivity index (χ2n) is 7.66. The van der Waals surface area contributed by atoms with Crippen molar-refractivity contribution in [3.63, 3.8) is 0 Å². The van der Waals surface area contributed by atoms with E-state index in [0.717, 1.165) is 17.0 Å². The molecule has 1 N–H and O–H groups in total. The van der Waals surface area contributed by atoms with Gasteiger partial charge in [-0.05, 0) is 37.1 Å². The Morgan fingerprint density at radius 1 is 0.971 bits per heavy atom. The molecule has 34 heavy (non-hydrogen) atoms. The Balaban J connectivity index is 2.50. The summed E-state index contributed by atoms with van der Waals surface area (Å²) in [6, 6.07) is 10.4. The normalized spacial score (nSPS) is 12.2. The van der Waals surface area contributed by atoms with Crippen LogP contribution in [0.1, 0.15) is 32.3 Å². The van der Waals surface area contributed by atoms with Crippen LogP contribution in [0.5, 0.6) is 0 Å². The molecule has 2 amide bonds. The summed E-state index contributed by atoms with van der Waals surface area (Å²) in [6.45, 7) is 3.51. The summed E-state index contributed by atoms with van der Waals surface area (Å²) in [5, 5.41) is 3.65. The topological polar surface area (TPSA) is 86.8 Å². The van der Waals surface area contributed by atoms with Gasteiger partial charge in [0.1, 0.15) is 12.6 Å². The summed E-state index contributed by atoms with van der Waals surface area (Å²) in [6.07, 6.45) is 2.01. The van der Waals surface area contributed by atoms with Crippen LogP contribution >= 0.6 is 34.8 Å². The van der Waals surface area contributed by atoms with E-state index in [1.807, 2.05) is 6.92 Å². The molecule has 186 valence electrons. The number of carbonyl (C=O) groups is 2. The van der Waals surface area contributed by atoms with Crippen molar-refractivity contribution in [1.82, 2.24) is 10.2 Å². The van der Waals surface area contributed by atoms with E-state index in [4.69, 9.17) is 34.8 Å². The number of nitrogens with zero attached hydrogens (tertiary/aromatic N) is 2. The minimum absolute atomic E-state index is 0.0739. The SMILES string of the molecule is CCCNC(=O)[C@@H](CC)N(Cc1c(Cl)cccc1Cl)C(=O)CN(c1ccccc1Cl)S(C)(=O)=O. The van der Waals surface area contributed by atoms with Crippen molar-refractivity contribution >= 4 is 62.3 Å². The molecule has 0 aliphatic heterocycles. The number of hydrogen-bond donors (Lipinski definition) is 1. The molecule has 0 aliphatic rings. The van der Waals surface area contributed by atoms with Crippen molar-refractivity contribution in [1.29, 1.82) is 0 Å². The van der Waals surface area contributed by atoms with E-state index in [9.17, 15) is 18.0 Å². The van der Waals surface area contributed by atoms with Gasteiger partial charge in [0.15, 0.2) is 0 Å². The molecule has 0 saturated heterocycles. The molecule has 1 atom stereocenters. The molecule has 0 unspecified atom stereocenters. The number of sulfonamides is 1. The quantitative estimate of drug-likeness (QED) is 0.439. The third-order valence-electron chi connectivity index (χ3n) is 5.13. The highest BCUT2D eigenvalue weighted by molar-refractivity contribution is 7.92. The maximum atomic E-state index is 13.6. The molecule has 11 heteroatoms. The zero-order valence-corrected chi connectivity index (χ0v) is 22.3. The minimum Gasteiger partial charge on any atom is -0.354 e. The standard InChI is InChI=1S/C23H28Cl3N3O4S/c1-4-13-27-23(31)20(5-2)28(14-16-17(24)10-8-11-18(16)25)22(30)15-29(34(3,32)33)21-12-7-6-9-19(21)26/h6-12,20H,4-5,13-15H2,1-3H3,(H,27,31)/t20-/m1/s1. The zero-order chi connectivity index (χ0) is 25.5. The van der Waals surface area contributed by atoms with Gasteiger partial charge in [0.2, 0.25) is 21.8 Å². The molecule has 0 spiro atoms. The lowest BCUT2D eigenvalue weighted by Crippen LogP contribution is -2.52. The highest BCUT2D eigenvalue weighted by Crippen LogP contribution is 2.29. The molecule has 0 aliphatic carbocycles. The first-order valence-electron chi connectivity index (χ1n) is 10.7. The molecule has 0 aromatic heterocycles. The van der Waals surface area contributed by atoms with Crippen molar-refractivity contribution in [3.05, 3.63) is 63.1 Å². The third kappa shape index (κ3) is 7.25. The smallest absolute Gasteiger partial charge is 0.244 e. The van der Waals surface area contributed by atoms with Gasteiger partial charge < -0.3 is 10.2 Å². The number of carbonyl (C=O) groups excluding carboxylic acids is 2. The number of hydrogen-bond acceptors (Lipinski definition) is 4. The van der Waals surface area contributed by atoms with Gasteiger partial charge in [0, 0.05) is 28.7 Å². The number of nitrogens with one attached hydrogen (secondary N) is 1. The Morgan fingerprint density at radius 3 is 2.09 bits per heavy atom. The molecule has 0 fully saturated rings. The highest BCUT2D eigenvalue weighted by Gasteiger charge is 2.32. The van der Waals surface area contributed by atoms with E-state index in [1.54, 1.807) is 37.3 Å². The second kappa shape index (κ2) is 12.6. The van der Waals surface area contributed by atoms with E-state index < -0.39 is 28.5 Å². The summed E-state index contributed by atoms with van der Waals surface area (Å²) in [4.78, 5) is 27.8. The lowest BCUT2D eigenvalue weighted by Gasteiger charge is -2.33. The Hall–Kier alpha value is -2.00. The van der Waals surface area contributed by atoms with Gasteiger partial charge >= 0.3 is 0 Å². The van der Waals surface area contributed by atoms with Crippen LogP contribution < -0.4 is 9.62 Å². The molecule has 0 saturated carbocycles. The molecule has 0 heterocycles. The van der Waals surface area contributed by atoms with Crippen molar-refractivity contribution in [3.8, 4) is 0 Å². The van der Waals surface area contributed by atoms with Crippen molar-refractivity contribution in [2.75, 3.05) is 23.7 Å². The second-order valence-corrected chi connectivity index (χ2v) is 10.8. The van der Waals surface area contributed by atoms with Gasteiger partial charge in [0.25, 0.3) is 0 Å². The van der Waals surface area contributed by atoms with Crippen LogP contribution in [0.4, 0.5) is 5.69 Å². The number of rotatable bonds is 11. The van der Waals surface area contributed by atoms with Gasteiger partial charge in [-0.15, -0.1) is 0 Å². The van der Waals surface area contributed by atoms with Gasteiger partial charge in [-0.1, -0.05) is 66.8 Å². The first-order valence-corrected chi connectivity index (χ1v) is 13.7. The van der Waals surface area contributed by atoms with Crippen molar-refractivity contribution in [2.45, 2.75) is 39.3 Å².